The molecule has 0 bridgehead atoms. The first-order chi connectivity index (χ1) is 10.2. The Balaban J connectivity index is 1.93. The van der Waals surface area contributed by atoms with Crippen LogP contribution in [-0.2, 0) is 16.1 Å². The van der Waals surface area contributed by atoms with Gasteiger partial charge < -0.3 is 9.84 Å². The van der Waals surface area contributed by atoms with E-state index in [9.17, 15) is 4.79 Å². The smallest absolute Gasteiger partial charge is 0.317 e. The summed E-state index contributed by atoms with van der Waals surface area (Å²) in [6, 6.07) is 2.51. The number of hydrogen-bond donors (Lipinski definition) is 1. The van der Waals surface area contributed by atoms with Gasteiger partial charge in [0.1, 0.15) is 0 Å². The molecular weight excluding hydrogens is 270 g/mol. The zero-order valence-corrected chi connectivity index (χ0v) is 12.7. The highest BCUT2D eigenvalue weighted by Gasteiger charge is 2.17. The minimum absolute atomic E-state index is 0.0135. The number of methoxy groups -OCH3 is 1. The van der Waals surface area contributed by atoms with E-state index < -0.39 is 5.97 Å². The SMILES string of the molecule is COCCN(CC(=O)O)Cc1ccn(C2CCCCC2)n1. The normalized spacial score (nSPS) is 16.5. The molecule has 1 aliphatic carbocycles. The van der Waals surface area contributed by atoms with Gasteiger partial charge in [-0.1, -0.05) is 19.3 Å². The van der Waals surface area contributed by atoms with E-state index in [1.807, 2.05) is 17.2 Å². The molecular formula is C15H25N3O3. The molecule has 1 aromatic heterocycles. The summed E-state index contributed by atoms with van der Waals surface area (Å²) in [5.74, 6) is -0.821. The Kier molecular flexibility index (Phi) is 6.20. The Morgan fingerprint density at radius 2 is 2.24 bits per heavy atom. The quantitative estimate of drug-likeness (QED) is 0.793. The lowest BCUT2D eigenvalue weighted by Gasteiger charge is -2.22. The van der Waals surface area contributed by atoms with Gasteiger partial charge in [0, 0.05) is 26.4 Å². The number of nitrogens with zero attached hydrogens (tertiary/aromatic N) is 3. The van der Waals surface area contributed by atoms with Crippen LogP contribution < -0.4 is 0 Å². The van der Waals surface area contributed by atoms with Crippen molar-refractivity contribution in [2.75, 3.05) is 26.8 Å². The number of aliphatic carboxylic acids is 1. The molecule has 0 radical (unpaired) electrons. The summed E-state index contributed by atoms with van der Waals surface area (Å²) in [5.41, 5.74) is 0.929. The van der Waals surface area contributed by atoms with Crippen molar-refractivity contribution in [1.29, 1.82) is 0 Å². The summed E-state index contributed by atoms with van der Waals surface area (Å²) >= 11 is 0. The topological polar surface area (TPSA) is 67.6 Å². The van der Waals surface area contributed by atoms with E-state index in [0.29, 0.717) is 25.7 Å². The Labute approximate surface area is 125 Å². The highest BCUT2D eigenvalue weighted by Crippen LogP contribution is 2.27. The maximum Gasteiger partial charge on any atom is 0.317 e. The zero-order valence-electron chi connectivity index (χ0n) is 12.7. The second-order valence-corrected chi connectivity index (χ2v) is 5.68. The Bertz CT molecular complexity index is 441. The van der Waals surface area contributed by atoms with Crippen LogP contribution in [0.3, 0.4) is 0 Å². The zero-order chi connectivity index (χ0) is 15.1. The van der Waals surface area contributed by atoms with E-state index in [2.05, 4.69) is 9.78 Å². The lowest BCUT2D eigenvalue weighted by Crippen LogP contribution is -2.32. The van der Waals surface area contributed by atoms with Gasteiger partial charge in [-0.15, -0.1) is 0 Å². The fourth-order valence-electron chi connectivity index (χ4n) is 2.87. The first-order valence-electron chi connectivity index (χ1n) is 7.66. The molecule has 0 aliphatic heterocycles. The molecule has 0 atom stereocenters. The van der Waals surface area contributed by atoms with Gasteiger partial charge in [0.25, 0.3) is 0 Å². The van der Waals surface area contributed by atoms with Crippen molar-refractivity contribution in [3.63, 3.8) is 0 Å². The summed E-state index contributed by atoms with van der Waals surface area (Å²) in [7, 11) is 1.62. The van der Waals surface area contributed by atoms with Gasteiger partial charge in [0.2, 0.25) is 0 Å². The molecule has 6 heteroatoms. The van der Waals surface area contributed by atoms with Crippen LogP contribution in [0.1, 0.15) is 43.8 Å². The third kappa shape index (κ3) is 5.13. The molecule has 1 saturated carbocycles. The molecule has 1 fully saturated rings. The van der Waals surface area contributed by atoms with Crippen molar-refractivity contribution in [1.82, 2.24) is 14.7 Å². The summed E-state index contributed by atoms with van der Waals surface area (Å²) in [6.07, 6.45) is 8.31. The van der Waals surface area contributed by atoms with E-state index in [0.717, 1.165) is 5.69 Å². The van der Waals surface area contributed by atoms with Crippen LogP contribution in [-0.4, -0.2) is 52.6 Å². The van der Waals surface area contributed by atoms with Crippen LogP contribution in [0, 0.1) is 0 Å². The van der Waals surface area contributed by atoms with Crippen LogP contribution in [0.2, 0.25) is 0 Å². The maximum absolute atomic E-state index is 10.9. The van der Waals surface area contributed by atoms with Gasteiger partial charge >= 0.3 is 5.97 Å². The minimum Gasteiger partial charge on any atom is -0.480 e. The molecule has 1 aliphatic rings. The third-order valence-electron chi connectivity index (χ3n) is 3.97. The molecule has 21 heavy (non-hydrogen) atoms. The Morgan fingerprint density at radius 3 is 2.90 bits per heavy atom. The lowest BCUT2D eigenvalue weighted by atomic mass is 9.96. The number of aromatic nitrogens is 2. The molecule has 0 saturated heterocycles. The molecule has 1 aromatic rings. The molecule has 2 rings (SSSR count). The van der Waals surface area contributed by atoms with E-state index in [-0.39, 0.29) is 6.54 Å². The van der Waals surface area contributed by atoms with Crippen LogP contribution in [0.15, 0.2) is 12.3 Å². The fraction of sp³-hybridized carbons (Fsp3) is 0.733. The number of carboxylic acids is 1. The highest BCUT2D eigenvalue weighted by molar-refractivity contribution is 5.69. The van der Waals surface area contributed by atoms with Gasteiger partial charge in [0.05, 0.1) is 24.9 Å². The highest BCUT2D eigenvalue weighted by atomic mass is 16.5. The Hall–Kier alpha value is -1.40. The minimum atomic E-state index is -0.821. The fourth-order valence-corrected chi connectivity index (χ4v) is 2.87. The van der Waals surface area contributed by atoms with Crippen LogP contribution in [0.25, 0.3) is 0 Å². The first kappa shape index (κ1) is 16.0. The molecule has 0 unspecified atom stereocenters. The van der Waals surface area contributed by atoms with E-state index in [1.54, 1.807) is 7.11 Å². The first-order valence-corrected chi connectivity index (χ1v) is 7.66. The van der Waals surface area contributed by atoms with Crippen molar-refractivity contribution >= 4 is 5.97 Å². The third-order valence-corrected chi connectivity index (χ3v) is 3.97. The molecule has 6 nitrogen and oxygen atoms in total. The van der Waals surface area contributed by atoms with Crippen molar-refractivity contribution in [3.05, 3.63) is 18.0 Å². The lowest BCUT2D eigenvalue weighted by molar-refractivity contribution is -0.138. The summed E-state index contributed by atoms with van der Waals surface area (Å²) in [5, 5.41) is 13.6. The summed E-state index contributed by atoms with van der Waals surface area (Å²) in [4.78, 5) is 12.8. The monoisotopic (exact) mass is 295 g/mol. The number of carboxylic acid groups (broad SMARTS) is 1. The largest absolute Gasteiger partial charge is 0.480 e. The van der Waals surface area contributed by atoms with Gasteiger partial charge in [-0.05, 0) is 18.9 Å². The predicted octanol–water partition coefficient (Wildman–Crippen LogP) is 1.92. The molecule has 1 heterocycles. The van der Waals surface area contributed by atoms with Gasteiger partial charge in [-0.2, -0.15) is 5.10 Å². The van der Waals surface area contributed by atoms with E-state index >= 15 is 0 Å². The number of ether oxygens (including phenoxy) is 1. The van der Waals surface area contributed by atoms with Gasteiger partial charge in [-0.25, -0.2) is 0 Å². The van der Waals surface area contributed by atoms with E-state index in [1.165, 1.54) is 32.1 Å². The average Bonchev–Trinajstić information content (AvgIpc) is 2.93. The number of rotatable bonds is 8. The van der Waals surface area contributed by atoms with Crippen molar-refractivity contribution in [2.24, 2.45) is 0 Å². The molecule has 0 spiro atoms. The van der Waals surface area contributed by atoms with Crippen LogP contribution in [0.5, 0.6) is 0 Å². The van der Waals surface area contributed by atoms with Crippen molar-refractivity contribution in [3.8, 4) is 0 Å². The molecule has 0 amide bonds. The Morgan fingerprint density at radius 1 is 1.48 bits per heavy atom. The molecule has 118 valence electrons. The van der Waals surface area contributed by atoms with Gasteiger partial charge in [-0.3, -0.25) is 14.4 Å². The second-order valence-electron chi connectivity index (χ2n) is 5.68. The molecule has 0 aromatic carbocycles. The average molecular weight is 295 g/mol. The van der Waals surface area contributed by atoms with Crippen molar-refractivity contribution in [2.45, 2.75) is 44.7 Å². The molecule has 1 N–H and O–H groups in total. The van der Waals surface area contributed by atoms with Crippen molar-refractivity contribution < 1.29 is 14.6 Å². The number of carbonyl (C=O) groups is 1. The van der Waals surface area contributed by atoms with Crippen LogP contribution in [0.4, 0.5) is 0 Å². The van der Waals surface area contributed by atoms with E-state index in [4.69, 9.17) is 9.84 Å². The summed E-state index contributed by atoms with van der Waals surface area (Å²) in [6.45, 7) is 1.69. The van der Waals surface area contributed by atoms with Gasteiger partial charge in [0.15, 0.2) is 0 Å². The number of hydrogen-bond acceptors (Lipinski definition) is 4. The van der Waals surface area contributed by atoms with Crippen LogP contribution >= 0.6 is 0 Å². The summed E-state index contributed by atoms with van der Waals surface area (Å²) < 4.78 is 7.09. The predicted molar refractivity (Wildman–Crippen MR) is 79.1 cm³/mol. The standard InChI is InChI=1S/C15H25N3O3/c1-21-10-9-17(12-15(19)20)11-13-7-8-18(16-13)14-5-3-2-4-6-14/h7-8,14H,2-6,9-12H2,1H3,(H,19,20). The maximum atomic E-state index is 10.9. The second kappa shape index (κ2) is 8.14.